The Morgan fingerprint density at radius 3 is 2.12 bits per heavy atom. The largest absolute Gasteiger partial charge is 0.444 e. The third kappa shape index (κ3) is 5.13. The van der Waals surface area contributed by atoms with Crippen LogP contribution in [0, 0.1) is 0 Å². The summed E-state index contributed by atoms with van der Waals surface area (Å²) in [4.78, 5) is 25.7. The summed E-state index contributed by atoms with van der Waals surface area (Å²) in [5.74, 6) is -0.908. The molecule has 0 aromatic heterocycles. The quantitative estimate of drug-likeness (QED) is 0.656. The number of ether oxygens (including phenoxy) is 1. The van der Waals surface area contributed by atoms with Crippen molar-refractivity contribution in [3.8, 4) is 0 Å². The Hall–Kier alpha value is -2.27. The number of rotatable bonds is 4. The number of carbonyl (C=O) groups excluding carboxylic acids is 2. The fraction of sp³-hybridized carbons (Fsp3) is 0.263. The van der Waals surface area contributed by atoms with Gasteiger partial charge in [-0.05, 0) is 45.0 Å². The summed E-state index contributed by atoms with van der Waals surface area (Å²) in [6.45, 7) is 5.63. The van der Waals surface area contributed by atoms with Crippen LogP contribution in [-0.2, 0) is 9.53 Å². The number of nitrogens with one attached hydrogen (secondary N) is 1. The van der Waals surface area contributed by atoms with Gasteiger partial charge in [-0.2, -0.15) is 0 Å². The molecule has 0 fully saturated rings. The van der Waals surface area contributed by atoms with Crippen LogP contribution in [0.1, 0.15) is 42.8 Å². The predicted molar refractivity (Wildman–Crippen MR) is 96.2 cm³/mol. The molecule has 24 heavy (non-hydrogen) atoms. The molecule has 0 bridgehead atoms. The molecular formula is C19H21NO3S. The molecule has 0 saturated carbocycles. The van der Waals surface area contributed by atoms with E-state index in [1.54, 1.807) is 48.5 Å². The minimum absolute atomic E-state index is 0.354. The van der Waals surface area contributed by atoms with E-state index < -0.39 is 17.6 Å². The molecule has 4 nitrogen and oxygen atoms in total. The number of hydrogen-bond acceptors (Lipinski definition) is 4. The average Bonchev–Trinajstić information content (AvgIpc) is 2.52. The van der Waals surface area contributed by atoms with Crippen LogP contribution in [0.25, 0.3) is 0 Å². The lowest BCUT2D eigenvalue weighted by Gasteiger charge is -2.25. The summed E-state index contributed by atoms with van der Waals surface area (Å²) in [5, 5.41) is 2.86. The van der Waals surface area contributed by atoms with Gasteiger partial charge in [0.05, 0.1) is 5.56 Å². The summed E-state index contributed by atoms with van der Waals surface area (Å²) in [6, 6.07) is 15.6. The topological polar surface area (TPSA) is 55.4 Å². The minimum Gasteiger partial charge on any atom is -0.444 e. The number of hydrogen-bond donors (Lipinski definition) is 2. The second kappa shape index (κ2) is 7.53. The lowest BCUT2D eigenvalue weighted by Crippen LogP contribution is -2.44. The van der Waals surface area contributed by atoms with Crippen molar-refractivity contribution in [3.63, 3.8) is 0 Å². The average molecular weight is 343 g/mol. The molecule has 1 atom stereocenters. The third-order valence-corrected chi connectivity index (χ3v) is 3.46. The van der Waals surface area contributed by atoms with Crippen molar-refractivity contribution in [2.45, 2.75) is 37.3 Å². The number of amides is 1. The van der Waals surface area contributed by atoms with Gasteiger partial charge in [0.25, 0.3) is 5.91 Å². The summed E-state index contributed by atoms with van der Waals surface area (Å²) >= 11 is 4.19. The molecule has 0 aliphatic heterocycles. The van der Waals surface area contributed by atoms with Crippen molar-refractivity contribution in [2.24, 2.45) is 0 Å². The van der Waals surface area contributed by atoms with E-state index >= 15 is 0 Å². The normalized spacial score (nSPS) is 12.3. The SMILES string of the molecule is CC(C)(C)NC(=O)C(OC(=O)c1ccc(S)cc1)c1ccccc1. The molecule has 0 aliphatic carbocycles. The van der Waals surface area contributed by atoms with Gasteiger partial charge >= 0.3 is 5.97 Å². The molecule has 2 aromatic rings. The van der Waals surface area contributed by atoms with E-state index in [1.807, 2.05) is 26.8 Å². The fourth-order valence-electron chi connectivity index (χ4n) is 2.11. The molecule has 126 valence electrons. The molecule has 2 rings (SSSR count). The molecule has 5 heteroatoms. The second-order valence-electron chi connectivity index (χ2n) is 6.48. The number of esters is 1. The lowest BCUT2D eigenvalue weighted by molar-refractivity contribution is -0.131. The van der Waals surface area contributed by atoms with Crippen LogP contribution in [0.15, 0.2) is 59.5 Å². The molecule has 0 heterocycles. The monoisotopic (exact) mass is 343 g/mol. The molecule has 0 saturated heterocycles. The summed E-state index contributed by atoms with van der Waals surface area (Å²) in [7, 11) is 0. The maximum Gasteiger partial charge on any atom is 0.339 e. The van der Waals surface area contributed by atoms with E-state index in [4.69, 9.17) is 4.74 Å². The van der Waals surface area contributed by atoms with Gasteiger partial charge in [0.2, 0.25) is 6.10 Å². The summed E-state index contributed by atoms with van der Waals surface area (Å²) in [6.07, 6.45) is -1.01. The first-order chi connectivity index (χ1) is 11.3. The summed E-state index contributed by atoms with van der Waals surface area (Å²) < 4.78 is 5.49. The number of carbonyl (C=O) groups is 2. The van der Waals surface area contributed by atoms with Gasteiger partial charge in [-0.15, -0.1) is 12.6 Å². The molecule has 0 radical (unpaired) electrons. The van der Waals surface area contributed by atoms with E-state index in [9.17, 15) is 9.59 Å². The summed E-state index contributed by atoms with van der Waals surface area (Å²) in [5.41, 5.74) is 0.570. The maximum atomic E-state index is 12.6. The fourth-order valence-corrected chi connectivity index (χ4v) is 2.26. The van der Waals surface area contributed by atoms with Gasteiger partial charge in [-0.1, -0.05) is 30.3 Å². The van der Waals surface area contributed by atoms with Gasteiger partial charge in [-0.3, -0.25) is 4.79 Å². The van der Waals surface area contributed by atoms with E-state index in [0.717, 1.165) is 4.90 Å². The van der Waals surface area contributed by atoms with Crippen molar-refractivity contribution >= 4 is 24.5 Å². The molecule has 1 amide bonds. The van der Waals surface area contributed by atoms with Crippen molar-refractivity contribution < 1.29 is 14.3 Å². The van der Waals surface area contributed by atoms with E-state index in [0.29, 0.717) is 11.1 Å². The Kier molecular flexibility index (Phi) is 5.67. The van der Waals surface area contributed by atoms with Crippen molar-refractivity contribution in [1.82, 2.24) is 5.32 Å². The van der Waals surface area contributed by atoms with Crippen molar-refractivity contribution in [3.05, 3.63) is 65.7 Å². The van der Waals surface area contributed by atoms with E-state index in [-0.39, 0.29) is 5.91 Å². The minimum atomic E-state index is -1.01. The van der Waals surface area contributed by atoms with Crippen LogP contribution in [0.2, 0.25) is 0 Å². The zero-order chi connectivity index (χ0) is 17.7. The van der Waals surface area contributed by atoms with Crippen LogP contribution in [-0.4, -0.2) is 17.4 Å². The number of benzene rings is 2. The molecule has 2 aromatic carbocycles. The first kappa shape index (κ1) is 18.1. The van der Waals surface area contributed by atoms with E-state index in [2.05, 4.69) is 17.9 Å². The van der Waals surface area contributed by atoms with Crippen LogP contribution in [0.5, 0.6) is 0 Å². The third-order valence-electron chi connectivity index (χ3n) is 3.17. The molecule has 0 spiro atoms. The Bertz CT molecular complexity index is 706. The van der Waals surface area contributed by atoms with Gasteiger partial charge in [0.15, 0.2) is 0 Å². The highest BCUT2D eigenvalue weighted by Crippen LogP contribution is 2.21. The van der Waals surface area contributed by atoms with Crippen LogP contribution in [0.3, 0.4) is 0 Å². The van der Waals surface area contributed by atoms with Crippen LogP contribution < -0.4 is 5.32 Å². The standard InChI is InChI=1S/C19H21NO3S/c1-19(2,3)20-17(21)16(13-7-5-4-6-8-13)23-18(22)14-9-11-15(24)12-10-14/h4-12,16,24H,1-3H3,(H,20,21). The van der Waals surface area contributed by atoms with Crippen molar-refractivity contribution in [1.29, 1.82) is 0 Å². The lowest BCUT2D eigenvalue weighted by atomic mass is 10.1. The smallest absolute Gasteiger partial charge is 0.339 e. The van der Waals surface area contributed by atoms with E-state index in [1.165, 1.54) is 0 Å². The highest BCUT2D eigenvalue weighted by Gasteiger charge is 2.28. The van der Waals surface area contributed by atoms with Gasteiger partial charge < -0.3 is 10.1 Å². The Balaban J connectivity index is 2.24. The molecule has 1 unspecified atom stereocenters. The molecule has 0 aliphatic rings. The first-order valence-electron chi connectivity index (χ1n) is 7.63. The highest BCUT2D eigenvalue weighted by atomic mass is 32.1. The molecular weight excluding hydrogens is 322 g/mol. The highest BCUT2D eigenvalue weighted by molar-refractivity contribution is 7.80. The van der Waals surface area contributed by atoms with Crippen LogP contribution >= 0.6 is 12.6 Å². The van der Waals surface area contributed by atoms with Crippen molar-refractivity contribution in [2.75, 3.05) is 0 Å². The Labute approximate surface area is 147 Å². The van der Waals surface area contributed by atoms with Gasteiger partial charge in [0.1, 0.15) is 0 Å². The maximum absolute atomic E-state index is 12.6. The van der Waals surface area contributed by atoms with Gasteiger partial charge in [-0.25, -0.2) is 4.79 Å². The zero-order valence-electron chi connectivity index (χ0n) is 13.9. The molecule has 1 N–H and O–H groups in total. The Morgan fingerprint density at radius 1 is 1.00 bits per heavy atom. The predicted octanol–water partition coefficient (Wildman–Crippen LogP) is 3.79. The van der Waals surface area contributed by atoms with Crippen LogP contribution in [0.4, 0.5) is 0 Å². The van der Waals surface area contributed by atoms with Gasteiger partial charge in [0, 0.05) is 16.0 Å². The Morgan fingerprint density at radius 2 is 1.58 bits per heavy atom. The first-order valence-corrected chi connectivity index (χ1v) is 8.08. The zero-order valence-corrected chi connectivity index (χ0v) is 14.8. The number of thiol groups is 1. The second-order valence-corrected chi connectivity index (χ2v) is 7.00.